The second kappa shape index (κ2) is 4.72. The van der Waals surface area contributed by atoms with Crippen LogP contribution >= 0.6 is 0 Å². The minimum atomic E-state index is -0.218. The van der Waals surface area contributed by atoms with Gasteiger partial charge in [-0.2, -0.15) is 0 Å². The summed E-state index contributed by atoms with van der Waals surface area (Å²) < 4.78 is 5.34. The van der Waals surface area contributed by atoms with E-state index in [9.17, 15) is 4.79 Å². The molecule has 1 saturated heterocycles. The lowest BCUT2D eigenvalue weighted by molar-refractivity contribution is -0.115. The van der Waals surface area contributed by atoms with Crippen molar-refractivity contribution < 1.29 is 9.53 Å². The fraction of sp³-hybridized carbons (Fsp3) is 0.900. The lowest BCUT2D eigenvalue weighted by Crippen LogP contribution is -2.36. The summed E-state index contributed by atoms with van der Waals surface area (Å²) >= 11 is 0. The predicted octanol–water partition coefficient (Wildman–Crippen LogP) is 0.934. The zero-order valence-corrected chi connectivity index (χ0v) is 8.58. The number of ether oxygens (including phenoxy) is 1. The molecule has 0 radical (unpaired) electrons. The van der Waals surface area contributed by atoms with Gasteiger partial charge in [-0.3, -0.25) is 4.90 Å². The number of rotatable bonds is 3. The molecule has 3 nitrogen and oxygen atoms in total. The Bertz CT molecular complexity index is 160. The Morgan fingerprint density at radius 3 is 2.85 bits per heavy atom. The molecule has 76 valence electrons. The van der Waals surface area contributed by atoms with Crippen molar-refractivity contribution in [2.45, 2.75) is 20.3 Å². The van der Waals surface area contributed by atoms with Crippen molar-refractivity contribution in [1.82, 2.24) is 4.90 Å². The van der Waals surface area contributed by atoms with Gasteiger partial charge in [-0.05, 0) is 6.42 Å². The largest absolute Gasteiger partial charge is 0.380 e. The molecule has 3 heteroatoms. The summed E-state index contributed by atoms with van der Waals surface area (Å²) in [5, 5.41) is 0. The highest BCUT2D eigenvalue weighted by atomic mass is 16.5. The van der Waals surface area contributed by atoms with E-state index < -0.39 is 0 Å². The number of nitrogens with zero attached hydrogens (tertiary/aromatic N) is 1. The van der Waals surface area contributed by atoms with Crippen molar-refractivity contribution >= 4 is 6.29 Å². The van der Waals surface area contributed by atoms with Crippen LogP contribution in [-0.2, 0) is 9.53 Å². The fourth-order valence-electron chi connectivity index (χ4n) is 1.57. The van der Waals surface area contributed by atoms with Gasteiger partial charge < -0.3 is 9.53 Å². The van der Waals surface area contributed by atoms with Crippen LogP contribution in [0, 0.1) is 5.41 Å². The maximum Gasteiger partial charge on any atom is 0.126 e. The van der Waals surface area contributed by atoms with E-state index in [0.29, 0.717) is 0 Å². The zero-order chi connectivity index (χ0) is 9.73. The van der Waals surface area contributed by atoms with Crippen LogP contribution in [0.2, 0.25) is 0 Å². The monoisotopic (exact) mass is 185 g/mol. The minimum Gasteiger partial charge on any atom is -0.380 e. The maximum atomic E-state index is 10.7. The Hall–Kier alpha value is -0.410. The molecular formula is C10H19NO2. The van der Waals surface area contributed by atoms with E-state index in [1.165, 1.54) is 0 Å². The van der Waals surface area contributed by atoms with E-state index in [4.69, 9.17) is 4.74 Å². The van der Waals surface area contributed by atoms with Crippen LogP contribution in [-0.4, -0.2) is 44.0 Å². The predicted molar refractivity (Wildman–Crippen MR) is 51.7 cm³/mol. The molecule has 1 rings (SSSR count). The van der Waals surface area contributed by atoms with Gasteiger partial charge in [0.15, 0.2) is 0 Å². The highest BCUT2D eigenvalue weighted by Crippen LogP contribution is 2.14. The summed E-state index contributed by atoms with van der Waals surface area (Å²) in [5.74, 6) is 0. The van der Waals surface area contributed by atoms with E-state index in [1.54, 1.807) is 0 Å². The molecule has 0 amide bonds. The average molecular weight is 185 g/mol. The molecule has 0 aromatic rings. The number of carbonyl (C=O) groups excluding carboxylic acids is 1. The van der Waals surface area contributed by atoms with Crippen LogP contribution in [0.4, 0.5) is 0 Å². The highest BCUT2D eigenvalue weighted by Gasteiger charge is 2.21. The van der Waals surface area contributed by atoms with Crippen molar-refractivity contribution in [3.63, 3.8) is 0 Å². The summed E-state index contributed by atoms with van der Waals surface area (Å²) in [6, 6.07) is 0. The van der Waals surface area contributed by atoms with Crippen molar-refractivity contribution in [1.29, 1.82) is 0 Å². The average Bonchev–Trinajstić information content (AvgIpc) is 2.32. The number of hydrogen-bond acceptors (Lipinski definition) is 3. The van der Waals surface area contributed by atoms with Gasteiger partial charge in [0.2, 0.25) is 0 Å². The first-order valence-electron chi connectivity index (χ1n) is 4.90. The molecule has 0 bridgehead atoms. The van der Waals surface area contributed by atoms with Crippen molar-refractivity contribution in [3.8, 4) is 0 Å². The summed E-state index contributed by atoms with van der Waals surface area (Å²) in [6.07, 6.45) is 2.12. The van der Waals surface area contributed by atoms with Crippen LogP contribution in [0.15, 0.2) is 0 Å². The molecule has 0 N–H and O–H groups in total. The van der Waals surface area contributed by atoms with Gasteiger partial charge in [0.1, 0.15) is 6.29 Å². The van der Waals surface area contributed by atoms with E-state index in [0.717, 1.165) is 45.6 Å². The van der Waals surface area contributed by atoms with Gasteiger partial charge in [0, 0.05) is 31.7 Å². The first-order chi connectivity index (χ1) is 6.14. The van der Waals surface area contributed by atoms with E-state index in [-0.39, 0.29) is 5.41 Å². The lowest BCUT2D eigenvalue weighted by Gasteiger charge is -2.26. The summed E-state index contributed by atoms with van der Waals surface area (Å²) in [4.78, 5) is 13.0. The molecular weight excluding hydrogens is 166 g/mol. The number of hydrogen-bond donors (Lipinski definition) is 0. The highest BCUT2D eigenvalue weighted by molar-refractivity contribution is 5.58. The van der Waals surface area contributed by atoms with Gasteiger partial charge in [0.25, 0.3) is 0 Å². The molecule has 1 aliphatic rings. The molecule has 1 aliphatic heterocycles. The molecule has 0 aromatic carbocycles. The Labute approximate surface area is 80.1 Å². The van der Waals surface area contributed by atoms with Crippen LogP contribution in [0.25, 0.3) is 0 Å². The number of carbonyl (C=O) groups is 1. The molecule has 1 heterocycles. The Balaban J connectivity index is 2.37. The molecule has 0 spiro atoms. The number of aldehydes is 1. The summed E-state index contributed by atoms with van der Waals surface area (Å²) in [5.41, 5.74) is -0.218. The first kappa shape index (κ1) is 10.7. The second-order valence-electron chi connectivity index (χ2n) is 4.35. The molecule has 0 saturated carbocycles. The molecule has 13 heavy (non-hydrogen) atoms. The molecule has 0 unspecified atom stereocenters. The Morgan fingerprint density at radius 1 is 1.38 bits per heavy atom. The fourth-order valence-corrected chi connectivity index (χ4v) is 1.57. The van der Waals surface area contributed by atoms with Crippen LogP contribution < -0.4 is 0 Å². The Morgan fingerprint density at radius 2 is 2.15 bits per heavy atom. The normalized spacial score (nSPS) is 21.1. The van der Waals surface area contributed by atoms with Gasteiger partial charge >= 0.3 is 0 Å². The quantitative estimate of drug-likeness (QED) is 0.613. The summed E-state index contributed by atoms with van der Waals surface area (Å²) in [6.45, 7) is 8.47. The SMILES string of the molecule is CC(C)(C=O)CN1CCCOCC1. The molecule has 0 aromatic heterocycles. The standard InChI is InChI=1S/C10H19NO2/c1-10(2,9-12)8-11-4-3-6-13-7-5-11/h9H,3-8H2,1-2H3. The second-order valence-corrected chi connectivity index (χ2v) is 4.35. The van der Waals surface area contributed by atoms with Crippen molar-refractivity contribution in [2.24, 2.45) is 5.41 Å². The summed E-state index contributed by atoms with van der Waals surface area (Å²) in [7, 11) is 0. The third kappa shape index (κ3) is 3.87. The minimum absolute atomic E-state index is 0.218. The van der Waals surface area contributed by atoms with Gasteiger partial charge in [-0.1, -0.05) is 13.8 Å². The smallest absolute Gasteiger partial charge is 0.126 e. The van der Waals surface area contributed by atoms with Crippen LogP contribution in [0.3, 0.4) is 0 Å². The van der Waals surface area contributed by atoms with Crippen molar-refractivity contribution in [2.75, 3.05) is 32.8 Å². The molecule has 0 aliphatic carbocycles. The molecule has 1 fully saturated rings. The topological polar surface area (TPSA) is 29.5 Å². The van der Waals surface area contributed by atoms with Gasteiger partial charge in [-0.25, -0.2) is 0 Å². The van der Waals surface area contributed by atoms with Gasteiger partial charge in [0.05, 0.1) is 6.61 Å². The van der Waals surface area contributed by atoms with E-state index >= 15 is 0 Å². The van der Waals surface area contributed by atoms with Crippen molar-refractivity contribution in [3.05, 3.63) is 0 Å². The Kier molecular flexibility index (Phi) is 3.88. The maximum absolute atomic E-state index is 10.7. The van der Waals surface area contributed by atoms with E-state index in [2.05, 4.69) is 4.90 Å². The first-order valence-corrected chi connectivity index (χ1v) is 4.90. The third-order valence-corrected chi connectivity index (χ3v) is 2.27. The van der Waals surface area contributed by atoms with Gasteiger partial charge in [-0.15, -0.1) is 0 Å². The zero-order valence-electron chi connectivity index (χ0n) is 8.58. The third-order valence-electron chi connectivity index (χ3n) is 2.27. The van der Waals surface area contributed by atoms with E-state index in [1.807, 2.05) is 13.8 Å². The molecule has 0 atom stereocenters. The van der Waals surface area contributed by atoms with Crippen LogP contribution in [0.1, 0.15) is 20.3 Å². The lowest BCUT2D eigenvalue weighted by atomic mass is 9.95. The van der Waals surface area contributed by atoms with Crippen LogP contribution in [0.5, 0.6) is 0 Å².